The fraction of sp³-hybridized carbons (Fsp3) is 0. The molecular weight excluding hydrogens is 973 g/mol. The Kier molecular flexibility index (Phi) is 11.4. The number of benzene rings is 11. The lowest BCUT2D eigenvalue weighted by Crippen LogP contribution is -2.07. The predicted octanol–water partition coefficient (Wildman–Crippen LogP) is 18.8. The molecule has 4 heterocycles. The number of fused-ring (bicyclic) bond motifs is 6. The minimum Gasteiger partial charge on any atom is -0.305 e. The minimum atomic E-state index is 0.587. The van der Waals surface area contributed by atoms with Crippen LogP contribution in [0.3, 0.4) is 0 Å². The highest BCUT2D eigenvalue weighted by molar-refractivity contribution is 6.13. The quantitative estimate of drug-likeness (QED) is 0.137. The monoisotopic (exact) mass is 1020 g/mol. The van der Waals surface area contributed by atoms with Crippen molar-refractivity contribution in [3.05, 3.63) is 291 Å². The van der Waals surface area contributed by atoms with Crippen molar-refractivity contribution >= 4 is 43.6 Å². The first kappa shape index (κ1) is 46.5. The normalized spacial score (nSPS) is 11.5. The van der Waals surface area contributed by atoms with Gasteiger partial charge >= 0.3 is 0 Å². The summed E-state index contributed by atoms with van der Waals surface area (Å²) in [6, 6.07) is 103. The Hall–Kier alpha value is -10.8. The molecule has 0 spiro atoms. The molecule has 0 atom stereocenters. The number of aromatic nitrogens is 6. The summed E-state index contributed by atoms with van der Waals surface area (Å²) >= 11 is 0. The second-order valence-corrected chi connectivity index (χ2v) is 20.1. The van der Waals surface area contributed by atoms with Crippen molar-refractivity contribution < 1.29 is 0 Å². The molecule has 11 aromatic carbocycles. The summed E-state index contributed by atoms with van der Waals surface area (Å²) in [6.07, 6.45) is 0. The van der Waals surface area contributed by atoms with Crippen LogP contribution in [0.4, 0.5) is 0 Å². The first-order chi connectivity index (χ1) is 39.7. The molecule has 0 bridgehead atoms. The SMILES string of the molecule is c1ccc(-c2ccc3c(c2)c2ccccc2n3-c2c(-c3ccccc3)nc(-c3cccc(-c4nc(-c5ccccc5)c(-n5c6ccccc6c6cc(-c7ccccc7)ccc65)c(-c5ccccc5)n4)c3)nc2-c2ccccc2)cc1. The van der Waals surface area contributed by atoms with Crippen LogP contribution >= 0.6 is 0 Å². The molecule has 0 fully saturated rings. The van der Waals surface area contributed by atoms with Gasteiger partial charge in [0.15, 0.2) is 11.6 Å². The Labute approximate surface area is 462 Å². The van der Waals surface area contributed by atoms with Gasteiger partial charge in [0.1, 0.15) is 0 Å². The van der Waals surface area contributed by atoms with Crippen molar-refractivity contribution in [2.45, 2.75) is 0 Å². The summed E-state index contributed by atoms with van der Waals surface area (Å²) in [4.78, 5) is 22.6. The Morgan fingerprint density at radius 3 is 0.800 bits per heavy atom. The highest BCUT2D eigenvalue weighted by atomic mass is 15.1. The molecular formula is C74H48N6. The predicted molar refractivity (Wildman–Crippen MR) is 330 cm³/mol. The van der Waals surface area contributed by atoms with E-state index in [-0.39, 0.29) is 0 Å². The number of rotatable bonds is 10. The van der Waals surface area contributed by atoms with Crippen LogP contribution in [0.1, 0.15) is 0 Å². The van der Waals surface area contributed by atoms with Crippen molar-refractivity contribution in [2.75, 3.05) is 0 Å². The van der Waals surface area contributed by atoms with Gasteiger partial charge in [-0.05, 0) is 64.7 Å². The maximum absolute atomic E-state index is 5.65. The van der Waals surface area contributed by atoms with Gasteiger partial charge in [-0.3, -0.25) is 0 Å². The van der Waals surface area contributed by atoms with Gasteiger partial charge < -0.3 is 9.13 Å². The first-order valence-corrected chi connectivity index (χ1v) is 27.0. The van der Waals surface area contributed by atoms with Crippen molar-refractivity contribution in [1.29, 1.82) is 0 Å². The van der Waals surface area contributed by atoms with E-state index in [0.717, 1.165) is 122 Å². The van der Waals surface area contributed by atoms with E-state index in [0.29, 0.717) is 11.6 Å². The van der Waals surface area contributed by atoms with Gasteiger partial charge in [-0.2, -0.15) is 0 Å². The summed E-state index contributed by atoms with van der Waals surface area (Å²) in [5.74, 6) is 1.17. The van der Waals surface area contributed by atoms with Crippen LogP contribution in [0.5, 0.6) is 0 Å². The molecule has 6 heteroatoms. The molecule has 374 valence electrons. The van der Waals surface area contributed by atoms with Crippen LogP contribution in [0, 0.1) is 0 Å². The van der Waals surface area contributed by atoms with Gasteiger partial charge in [0.2, 0.25) is 0 Å². The summed E-state index contributed by atoms with van der Waals surface area (Å²) in [5, 5.41) is 4.62. The van der Waals surface area contributed by atoms with Crippen LogP contribution in [-0.2, 0) is 0 Å². The zero-order chi connectivity index (χ0) is 52.9. The van der Waals surface area contributed by atoms with E-state index in [1.807, 2.05) is 0 Å². The summed E-state index contributed by atoms with van der Waals surface area (Å²) in [6.45, 7) is 0. The molecule has 4 aromatic heterocycles. The van der Waals surface area contributed by atoms with Crippen molar-refractivity contribution in [1.82, 2.24) is 29.1 Å². The molecule has 15 rings (SSSR count). The third-order valence-corrected chi connectivity index (χ3v) is 15.3. The largest absolute Gasteiger partial charge is 0.305 e. The van der Waals surface area contributed by atoms with E-state index in [4.69, 9.17) is 19.9 Å². The third-order valence-electron chi connectivity index (χ3n) is 15.3. The van der Waals surface area contributed by atoms with Crippen molar-refractivity contribution in [2.24, 2.45) is 0 Å². The molecule has 0 aliphatic carbocycles. The van der Waals surface area contributed by atoms with E-state index in [2.05, 4.69) is 300 Å². The Bertz CT molecular complexity index is 4360. The topological polar surface area (TPSA) is 61.4 Å². The van der Waals surface area contributed by atoms with Gasteiger partial charge in [0.05, 0.1) is 56.2 Å². The lowest BCUT2D eigenvalue weighted by atomic mass is 10.0. The maximum atomic E-state index is 5.65. The zero-order valence-corrected chi connectivity index (χ0v) is 43.4. The lowest BCUT2D eigenvalue weighted by molar-refractivity contribution is 1.09. The van der Waals surface area contributed by atoms with E-state index in [1.54, 1.807) is 0 Å². The number of hydrogen-bond donors (Lipinski definition) is 0. The zero-order valence-electron chi connectivity index (χ0n) is 43.4. The molecule has 0 aliphatic heterocycles. The smallest absolute Gasteiger partial charge is 0.160 e. The fourth-order valence-corrected chi connectivity index (χ4v) is 11.6. The third kappa shape index (κ3) is 8.05. The van der Waals surface area contributed by atoms with Gasteiger partial charge in [0.25, 0.3) is 0 Å². The highest BCUT2D eigenvalue weighted by Crippen LogP contribution is 2.45. The standard InChI is InChI=1S/C74H48N6/c1-7-24-49(25-8-1)55-42-44-65-61(47-55)59-38-19-21-40-63(59)79(65)71-67(51-28-11-3-12-29-51)75-73(76-68(71)52-30-13-4-14-31-52)57-36-23-37-58(46-57)74-77-69(53-32-15-5-16-33-53)72(70(78-74)54-34-17-6-18-35-54)80-64-41-22-20-39-60(64)62-48-56(43-45-66(62)80)50-26-9-2-10-27-50/h1-48H. The van der Waals surface area contributed by atoms with Crippen LogP contribution in [0.15, 0.2) is 291 Å². The Balaban J connectivity index is 0.960. The molecule has 0 radical (unpaired) electrons. The van der Waals surface area contributed by atoms with Crippen molar-refractivity contribution in [3.8, 4) is 101 Å². The lowest BCUT2D eigenvalue weighted by Gasteiger charge is -2.20. The average Bonchev–Trinajstić information content (AvgIpc) is 4.26. The Morgan fingerprint density at radius 2 is 0.463 bits per heavy atom. The second kappa shape index (κ2) is 19.6. The summed E-state index contributed by atoms with van der Waals surface area (Å²) in [7, 11) is 0. The molecule has 0 saturated carbocycles. The number of para-hydroxylation sites is 2. The van der Waals surface area contributed by atoms with Gasteiger partial charge in [0, 0.05) is 54.9 Å². The summed E-state index contributed by atoms with van der Waals surface area (Å²) < 4.78 is 4.74. The molecule has 6 nitrogen and oxygen atoms in total. The van der Waals surface area contributed by atoms with E-state index >= 15 is 0 Å². The minimum absolute atomic E-state index is 0.587. The molecule has 15 aromatic rings. The van der Waals surface area contributed by atoms with Gasteiger partial charge in [-0.25, -0.2) is 19.9 Å². The first-order valence-electron chi connectivity index (χ1n) is 27.0. The molecule has 80 heavy (non-hydrogen) atoms. The number of hydrogen-bond acceptors (Lipinski definition) is 4. The van der Waals surface area contributed by atoms with E-state index < -0.39 is 0 Å². The second-order valence-electron chi connectivity index (χ2n) is 20.1. The van der Waals surface area contributed by atoms with Crippen LogP contribution in [-0.4, -0.2) is 29.1 Å². The van der Waals surface area contributed by atoms with Crippen LogP contribution < -0.4 is 0 Å². The molecule has 0 unspecified atom stereocenters. The van der Waals surface area contributed by atoms with Crippen LogP contribution in [0.25, 0.3) is 145 Å². The van der Waals surface area contributed by atoms with E-state index in [9.17, 15) is 0 Å². The molecule has 0 aliphatic rings. The average molecular weight is 1020 g/mol. The van der Waals surface area contributed by atoms with Gasteiger partial charge in [-0.15, -0.1) is 0 Å². The van der Waals surface area contributed by atoms with Crippen LogP contribution in [0.2, 0.25) is 0 Å². The molecule has 0 amide bonds. The summed E-state index contributed by atoms with van der Waals surface area (Å²) in [5.41, 5.74) is 19.6. The Morgan fingerprint density at radius 1 is 0.188 bits per heavy atom. The molecule has 0 saturated heterocycles. The highest BCUT2D eigenvalue weighted by Gasteiger charge is 2.27. The molecule has 0 N–H and O–H groups in total. The maximum Gasteiger partial charge on any atom is 0.160 e. The number of nitrogens with zero attached hydrogens (tertiary/aromatic N) is 6. The van der Waals surface area contributed by atoms with Crippen molar-refractivity contribution in [3.63, 3.8) is 0 Å². The fourth-order valence-electron chi connectivity index (χ4n) is 11.6. The van der Waals surface area contributed by atoms with Gasteiger partial charge in [-0.1, -0.05) is 249 Å². The van der Waals surface area contributed by atoms with E-state index in [1.165, 1.54) is 11.1 Å².